The van der Waals surface area contributed by atoms with E-state index in [-0.39, 0.29) is 23.5 Å². The zero-order valence-electron chi connectivity index (χ0n) is 9.51. The molecule has 1 heterocycles. The van der Waals surface area contributed by atoms with Crippen molar-refractivity contribution < 1.29 is 4.79 Å². The van der Waals surface area contributed by atoms with Crippen molar-refractivity contribution in [3.8, 4) is 0 Å². The van der Waals surface area contributed by atoms with Gasteiger partial charge in [0.15, 0.2) is 0 Å². The van der Waals surface area contributed by atoms with E-state index in [4.69, 9.17) is 0 Å². The van der Waals surface area contributed by atoms with E-state index < -0.39 is 0 Å². The summed E-state index contributed by atoms with van der Waals surface area (Å²) in [5.41, 5.74) is 1.02. The average Bonchev–Trinajstić information content (AvgIpc) is 2.59. The quantitative estimate of drug-likeness (QED) is 0.844. The molecule has 0 bridgehead atoms. The van der Waals surface area contributed by atoms with Gasteiger partial charge in [0.25, 0.3) is 5.56 Å². The van der Waals surface area contributed by atoms with Gasteiger partial charge in [0.05, 0.1) is 13.0 Å². The molecule has 2 rings (SSSR count). The van der Waals surface area contributed by atoms with Crippen LogP contribution >= 0.6 is 0 Å². The Morgan fingerprint density at radius 1 is 1.35 bits per heavy atom. The lowest BCUT2D eigenvalue weighted by Crippen LogP contribution is -2.10. The molecule has 0 aliphatic heterocycles. The van der Waals surface area contributed by atoms with Gasteiger partial charge in [-0.3, -0.25) is 9.59 Å². The molecule has 0 atom stereocenters. The maximum Gasteiger partial charge on any atom is 0.287 e. The van der Waals surface area contributed by atoms with Crippen molar-refractivity contribution in [1.29, 1.82) is 0 Å². The molecule has 1 aromatic carbocycles. The maximum absolute atomic E-state index is 11.5. The summed E-state index contributed by atoms with van der Waals surface area (Å²) in [7, 11) is 0. The number of nitrogens with one attached hydrogen (secondary N) is 1. The minimum Gasteiger partial charge on any atom is -0.300 e. The number of benzene rings is 1. The summed E-state index contributed by atoms with van der Waals surface area (Å²) in [5.74, 6) is -0.0690. The van der Waals surface area contributed by atoms with Gasteiger partial charge in [-0.1, -0.05) is 30.3 Å². The molecular weight excluding hydrogens is 218 g/mol. The summed E-state index contributed by atoms with van der Waals surface area (Å²) in [6.07, 6.45) is 0.0805. The van der Waals surface area contributed by atoms with E-state index in [2.05, 4.69) is 10.2 Å². The van der Waals surface area contributed by atoms with Crippen LogP contribution in [0, 0.1) is 0 Å². The summed E-state index contributed by atoms with van der Waals surface area (Å²) in [6, 6.07) is 9.67. The van der Waals surface area contributed by atoms with E-state index >= 15 is 0 Å². The third-order valence-corrected chi connectivity index (χ3v) is 2.33. The summed E-state index contributed by atoms with van der Waals surface area (Å²) in [6.45, 7) is 1.93. The van der Waals surface area contributed by atoms with Crippen molar-refractivity contribution in [2.24, 2.45) is 0 Å². The molecule has 5 heteroatoms. The number of Topliss-reactive ketones (excluding diaryl/α,β-unsaturated/α-hetero) is 1. The molecule has 0 amide bonds. The first-order valence-electron chi connectivity index (χ1n) is 5.34. The predicted molar refractivity (Wildman–Crippen MR) is 62.8 cm³/mol. The largest absolute Gasteiger partial charge is 0.300 e. The van der Waals surface area contributed by atoms with Crippen LogP contribution in [-0.4, -0.2) is 20.8 Å². The summed E-state index contributed by atoms with van der Waals surface area (Å²) in [4.78, 5) is 23.9. The van der Waals surface area contributed by atoms with Gasteiger partial charge in [0, 0.05) is 0 Å². The van der Waals surface area contributed by atoms with Gasteiger partial charge in [-0.15, -0.1) is 0 Å². The van der Waals surface area contributed by atoms with Crippen molar-refractivity contribution in [2.75, 3.05) is 0 Å². The Balaban J connectivity index is 2.18. The molecule has 2 aromatic rings. The van der Waals surface area contributed by atoms with Crippen LogP contribution in [-0.2, 0) is 17.8 Å². The van der Waals surface area contributed by atoms with Gasteiger partial charge in [0.1, 0.15) is 11.5 Å². The normalized spacial score (nSPS) is 10.4. The van der Waals surface area contributed by atoms with E-state index in [1.165, 1.54) is 11.7 Å². The molecule has 0 unspecified atom stereocenters. The zero-order chi connectivity index (χ0) is 12.3. The molecule has 1 aromatic heterocycles. The second-order valence-corrected chi connectivity index (χ2v) is 3.91. The Labute approximate surface area is 98.1 Å². The van der Waals surface area contributed by atoms with Crippen molar-refractivity contribution in [3.05, 3.63) is 51.9 Å². The van der Waals surface area contributed by atoms with Gasteiger partial charge in [0.2, 0.25) is 0 Å². The number of aromatic nitrogens is 3. The Hall–Kier alpha value is -2.17. The lowest BCUT2D eigenvalue weighted by atomic mass is 10.2. The minimum atomic E-state index is -0.295. The fourth-order valence-electron chi connectivity index (χ4n) is 1.58. The first kappa shape index (κ1) is 11.3. The number of ketones is 1. The number of carbonyl (C=O) groups is 1. The molecule has 0 aliphatic rings. The Bertz CT molecular complexity index is 569. The van der Waals surface area contributed by atoms with Crippen LogP contribution in [0.4, 0.5) is 0 Å². The highest BCUT2D eigenvalue weighted by Crippen LogP contribution is 1.99. The number of H-pyrrole nitrogens is 1. The van der Waals surface area contributed by atoms with E-state index in [0.29, 0.717) is 6.54 Å². The third kappa shape index (κ3) is 2.90. The third-order valence-electron chi connectivity index (χ3n) is 2.33. The smallest absolute Gasteiger partial charge is 0.287 e. The van der Waals surface area contributed by atoms with Crippen molar-refractivity contribution in [3.63, 3.8) is 0 Å². The fraction of sp³-hybridized carbons (Fsp3) is 0.250. The molecule has 88 valence electrons. The van der Waals surface area contributed by atoms with Gasteiger partial charge < -0.3 is 0 Å². The van der Waals surface area contributed by atoms with E-state index in [1.807, 2.05) is 30.3 Å². The van der Waals surface area contributed by atoms with Gasteiger partial charge in [-0.05, 0) is 12.5 Å². The molecule has 0 saturated carbocycles. The van der Waals surface area contributed by atoms with Crippen LogP contribution in [0.2, 0.25) is 0 Å². The van der Waals surface area contributed by atoms with Gasteiger partial charge >= 0.3 is 0 Å². The summed E-state index contributed by atoms with van der Waals surface area (Å²) < 4.78 is 0. The lowest BCUT2D eigenvalue weighted by Gasteiger charge is -1.99. The van der Waals surface area contributed by atoms with Crippen LogP contribution in [0.1, 0.15) is 18.2 Å². The molecule has 0 spiro atoms. The van der Waals surface area contributed by atoms with Crippen molar-refractivity contribution in [1.82, 2.24) is 15.0 Å². The monoisotopic (exact) mass is 231 g/mol. The van der Waals surface area contributed by atoms with Gasteiger partial charge in [-0.2, -0.15) is 5.10 Å². The van der Waals surface area contributed by atoms with Crippen LogP contribution in [0.3, 0.4) is 0 Å². The molecule has 5 nitrogen and oxygen atoms in total. The first-order chi connectivity index (χ1) is 8.15. The average molecular weight is 231 g/mol. The first-order valence-corrected chi connectivity index (χ1v) is 5.34. The van der Waals surface area contributed by atoms with E-state index in [1.54, 1.807) is 0 Å². The Morgan fingerprint density at radius 2 is 2.06 bits per heavy atom. The number of nitrogens with zero attached hydrogens (tertiary/aromatic N) is 2. The van der Waals surface area contributed by atoms with Crippen LogP contribution in [0.15, 0.2) is 35.1 Å². The SMILES string of the molecule is CC(=O)Cc1nn(Cc2ccccc2)[nH]c1=O. The lowest BCUT2D eigenvalue weighted by molar-refractivity contribution is -0.116. The zero-order valence-corrected chi connectivity index (χ0v) is 9.51. The van der Waals surface area contributed by atoms with Gasteiger partial charge in [-0.25, -0.2) is 9.90 Å². The maximum atomic E-state index is 11.5. The number of hydrogen-bond donors (Lipinski definition) is 1. The number of aromatic amines is 1. The fourth-order valence-corrected chi connectivity index (χ4v) is 1.58. The number of hydrogen-bond acceptors (Lipinski definition) is 3. The van der Waals surface area contributed by atoms with Crippen LogP contribution < -0.4 is 5.56 Å². The summed E-state index contributed by atoms with van der Waals surface area (Å²) >= 11 is 0. The highest BCUT2D eigenvalue weighted by molar-refractivity contribution is 5.77. The van der Waals surface area contributed by atoms with Crippen molar-refractivity contribution >= 4 is 5.78 Å². The highest BCUT2D eigenvalue weighted by atomic mass is 16.1. The standard InChI is InChI=1S/C12H13N3O2/c1-9(16)7-11-12(17)14-15(13-11)8-10-5-3-2-4-6-10/h2-6H,7-8H2,1H3,(H,14,17). The van der Waals surface area contributed by atoms with E-state index in [0.717, 1.165) is 5.56 Å². The van der Waals surface area contributed by atoms with E-state index in [9.17, 15) is 9.59 Å². The summed E-state index contributed by atoms with van der Waals surface area (Å²) in [5, 5.41) is 6.67. The topological polar surface area (TPSA) is 67.8 Å². The van der Waals surface area contributed by atoms with Crippen LogP contribution in [0.25, 0.3) is 0 Å². The molecular formula is C12H13N3O2. The van der Waals surface area contributed by atoms with Crippen LogP contribution in [0.5, 0.6) is 0 Å². The Morgan fingerprint density at radius 3 is 2.71 bits per heavy atom. The molecule has 0 saturated heterocycles. The predicted octanol–water partition coefficient (Wildman–Crippen LogP) is 0.751. The molecule has 0 radical (unpaired) electrons. The second kappa shape index (κ2) is 4.78. The molecule has 0 aliphatic carbocycles. The highest BCUT2D eigenvalue weighted by Gasteiger charge is 2.08. The number of rotatable bonds is 4. The molecule has 0 fully saturated rings. The minimum absolute atomic E-state index is 0.0690. The van der Waals surface area contributed by atoms with Crippen molar-refractivity contribution in [2.45, 2.75) is 19.9 Å². The Kier molecular flexibility index (Phi) is 3.18. The molecule has 17 heavy (non-hydrogen) atoms. The number of carbonyl (C=O) groups excluding carboxylic acids is 1. The molecule has 1 N–H and O–H groups in total. The second-order valence-electron chi connectivity index (χ2n) is 3.91.